The van der Waals surface area contributed by atoms with E-state index in [-0.39, 0.29) is 5.54 Å². The monoisotopic (exact) mass is 403 g/mol. The lowest BCUT2D eigenvalue weighted by Crippen LogP contribution is -2.36. The molecule has 0 spiro atoms. The molecule has 2 nitrogen and oxygen atoms in total. The first-order chi connectivity index (χ1) is 9.23. The fraction of sp³-hybridized carbons (Fsp3) is 0.500. The van der Waals surface area contributed by atoms with Crippen LogP contribution in [0.1, 0.15) is 40.2 Å². The van der Waals surface area contributed by atoms with Crippen molar-refractivity contribution in [1.82, 2.24) is 5.32 Å². The summed E-state index contributed by atoms with van der Waals surface area (Å²) in [6.45, 7) is 12.1. The summed E-state index contributed by atoms with van der Waals surface area (Å²) < 4.78 is 7.74. The van der Waals surface area contributed by atoms with Gasteiger partial charge in [0, 0.05) is 22.1 Å². The fourth-order valence-electron chi connectivity index (χ4n) is 1.71. The van der Waals surface area contributed by atoms with Crippen LogP contribution in [0.2, 0.25) is 0 Å². The lowest BCUT2D eigenvalue weighted by atomic mass is 10.1. The topological polar surface area (TPSA) is 21.3 Å². The first-order valence-corrected chi connectivity index (χ1v) is 8.35. The average Bonchev–Trinajstić information content (AvgIpc) is 2.30. The van der Waals surface area contributed by atoms with Gasteiger partial charge in [-0.2, -0.15) is 0 Å². The molecule has 1 aromatic carbocycles. The molecule has 20 heavy (non-hydrogen) atoms. The molecule has 1 rings (SSSR count). The molecule has 0 aliphatic heterocycles. The number of hydrogen-bond donors (Lipinski definition) is 1. The van der Waals surface area contributed by atoms with Gasteiger partial charge in [0.2, 0.25) is 0 Å². The van der Waals surface area contributed by atoms with Crippen molar-refractivity contribution in [3.8, 4) is 5.75 Å². The van der Waals surface area contributed by atoms with Crippen LogP contribution in [0.4, 0.5) is 0 Å². The van der Waals surface area contributed by atoms with E-state index in [1.54, 1.807) is 0 Å². The van der Waals surface area contributed by atoms with E-state index in [0.717, 1.165) is 26.8 Å². The van der Waals surface area contributed by atoms with Crippen molar-refractivity contribution in [3.05, 3.63) is 32.2 Å². The second-order valence-corrected chi connectivity index (χ2v) is 7.60. The van der Waals surface area contributed by atoms with E-state index in [1.165, 1.54) is 5.57 Å². The van der Waals surface area contributed by atoms with Crippen molar-refractivity contribution >= 4 is 37.9 Å². The maximum Gasteiger partial charge on any atom is 0.140 e. The summed E-state index contributed by atoms with van der Waals surface area (Å²) >= 11 is 7.09. The van der Waals surface area contributed by atoms with Gasteiger partial charge in [0.1, 0.15) is 5.75 Å². The number of nitrogens with one attached hydrogen (secondary N) is 1. The Morgan fingerprint density at radius 1 is 1.30 bits per heavy atom. The highest BCUT2D eigenvalue weighted by Crippen LogP contribution is 2.34. The minimum absolute atomic E-state index is 0.121. The molecular formula is C16H23Br2NO. The van der Waals surface area contributed by atoms with Crippen LogP contribution in [-0.4, -0.2) is 18.7 Å². The summed E-state index contributed by atoms with van der Waals surface area (Å²) in [5.74, 6) is 0.894. The first kappa shape index (κ1) is 17.7. The number of rotatable bonds is 5. The van der Waals surface area contributed by atoms with Crippen molar-refractivity contribution < 1.29 is 4.74 Å². The third-order valence-corrected chi connectivity index (χ3v) is 3.67. The predicted molar refractivity (Wildman–Crippen MR) is 94.4 cm³/mol. The van der Waals surface area contributed by atoms with Crippen LogP contribution in [-0.2, 0) is 0 Å². The Morgan fingerprint density at radius 3 is 2.50 bits per heavy atom. The first-order valence-electron chi connectivity index (χ1n) is 6.77. The summed E-state index contributed by atoms with van der Waals surface area (Å²) in [6.07, 6.45) is 2.17. The van der Waals surface area contributed by atoms with E-state index in [0.29, 0.717) is 6.61 Å². The molecule has 1 aromatic rings. The number of hydrogen-bond acceptors (Lipinski definition) is 2. The van der Waals surface area contributed by atoms with Crippen molar-refractivity contribution in [3.63, 3.8) is 0 Å². The van der Waals surface area contributed by atoms with Crippen molar-refractivity contribution in [2.75, 3.05) is 13.2 Å². The lowest BCUT2D eigenvalue weighted by molar-refractivity contribution is 0.337. The van der Waals surface area contributed by atoms with Crippen LogP contribution < -0.4 is 10.1 Å². The summed E-state index contributed by atoms with van der Waals surface area (Å²) in [5, 5.41) is 3.49. The van der Waals surface area contributed by atoms with Gasteiger partial charge in [0.05, 0.1) is 11.1 Å². The smallest absolute Gasteiger partial charge is 0.140 e. The highest BCUT2D eigenvalue weighted by atomic mass is 79.9. The lowest BCUT2D eigenvalue weighted by Gasteiger charge is -2.21. The van der Waals surface area contributed by atoms with Gasteiger partial charge in [-0.15, -0.1) is 0 Å². The van der Waals surface area contributed by atoms with E-state index in [1.807, 2.05) is 13.0 Å². The number of ether oxygens (including phenoxy) is 1. The third kappa shape index (κ3) is 5.98. The molecule has 0 radical (unpaired) electrons. The van der Waals surface area contributed by atoms with Gasteiger partial charge in [-0.1, -0.05) is 27.6 Å². The summed E-state index contributed by atoms with van der Waals surface area (Å²) in [5.41, 5.74) is 2.47. The minimum atomic E-state index is 0.121. The summed E-state index contributed by atoms with van der Waals surface area (Å²) in [4.78, 5) is 0. The van der Waals surface area contributed by atoms with Crippen LogP contribution in [0.3, 0.4) is 0 Å². The van der Waals surface area contributed by atoms with E-state index in [4.69, 9.17) is 4.74 Å². The largest absolute Gasteiger partial charge is 0.492 e. The standard InChI is InChI=1S/C16H23Br2NO/c1-6-20-15-12(8-13(17)9-14(15)18)7-11(2)10-19-16(3,4)5/h7-9,19H,6,10H2,1-5H3. The van der Waals surface area contributed by atoms with Gasteiger partial charge >= 0.3 is 0 Å². The zero-order valence-corrected chi connectivity index (χ0v) is 16.0. The normalized spacial score (nSPS) is 12.7. The molecule has 0 atom stereocenters. The maximum atomic E-state index is 5.74. The van der Waals surface area contributed by atoms with E-state index < -0.39 is 0 Å². The molecule has 0 aromatic heterocycles. The van der Waals surface area contributed by atoms with E-state index in [2.05, 4.69) is 77.0 Å². The number of halogens is 2. The Hall–Kier alpha value is -0.320. The Kier molecular flexibility index (Phi) is 6.76. The maximum absolute atomic E-state index is 5.74. The molecule has 0 aliphatic rings. The summed E-state index contributed by atoms with van der Waals surface area (Å²) in [6, 6.07) is 4.08. The quantitative estimate of drug-likeness (QED) is 0.708. The van der Waals surface area contributed by atoms with Crippen LogP contribution in [0, 0.1) is 0 Å². The predicted octanol–water partition coefficient (Wildman–Crippen LogP) is 5.40. The molecule has 0 bridgehead atoms. The van der Waals surface area contributed by atoms with Gasteiger partial charge in [-0.3, -0.25) is 0 Å². The Bertz CT molecular complexity index is 490. The molecule has 0 amide bonds. The number of benzene rings is 1. The van der Waals surface area contributed by atoms with Gasteiger partial charge in [0.25, 0.3) is 0 Å². The van der Waals surface area contributed by atoms with Crippen molar-refractivity contribution in [1.29, 1.82) is 0 Å². The van der Waals surface area contributed by atoms with Gasteiger partial charge in [0.15, 0.2) is 0 Å². The SMILES string of the molecule is CCOc1c(Br)cc(Br)cc1C=C(C)CNC(C)(C)C. The fourth-order valence-corrected chi connectivity index (χ4v) is 3.08. The van der Waals surface area contributed by atoms with Crippen LogP contribution in [0.25, 0.3) is 6.08 Å². The Morgan fingerprint density at radius 2 is 1.95 bits per heavy atom. The van der Waals surface area contributed by atoms with E-state index >= 15 is 0 Å². The second kappa shape index (κ2) is 7.62. The van der Waals surface area contributed by atoms with Crippen molar-refractivity contribution in [2.45, 2.75) is 40.2 Å². The molecule has 4 heteroatoms. The molecule has 0 saturated carbocycles. The van der Waals surface area contributed by atoms with Gasteiger partial charge in [-0.25, -0.2) is 0 Å². The minimum Gasteiger partial charge on any atom is -0.492 e. The second-order valence-electron chi connectivity index (χ2n) is 5.83. The van der Waals surface area contributed by atoms with Crippen molar-refractivity contribution in [2.24, 2.45) is 0 Å². The zero-order chi connectivity index (χ0) is 15.3. The Labute approximate surface area is 139 Å². The highest BCUT2D eigenvalue weighted by Gasteiger charge is 2.10. The van der Waals surface area contributed by atoms with Crippen LogP contribution in [0.5, 0.6) is 5.75 Å². The molecule has 1 N–H and O–H groups in total. The molecule has 0 aliphatic carbocycles. The molecular weight excluding hydrogens is 382 g/mol. The molecule has 0 fully saturated rings. The van der Waals surface area contributed by atoms with E-state index in [9.17, 15) is 0 Å². The Balaban J connectivity index is 3.00. The molecule has 0 saturated heterocycles. The summed E-state index contributed by atoms with van der Waals surface area (Å²) in [7, 11) is 0. The highest BCUT2D eigenvalue weighted by molar-refractivity contribution is 9.11. The molecule has 0 heterocycles. The third-order valence-electron chi connectivity index (χ3n) is 2.63. The van der Waals surface area contributed by atoms with Gasteiger partial charge in [-0.05, 0) is 62.7 Å². The molecule has 112 valence electrons. The van der Waals surface area contributed by atoms with Crippen LogP contribution >= 0.6 is 31.9 Å². The molecule has 0 unspecified atom stereocenters. The average molecular weight is 405 g/mol. The van der Waals surface area contributed by atoms with Crippen LogP contribution in [0.15, 0.2) is 26.7 Å². The van der Waals surface area contributed by atoms with Gasteiger partial charge < -0.3 is 10.1 Å². The zero-order valence-electron chi connectivity index (χ0n) is 12.8.